The Morgan fingerprint density at radius 3 is 2.40 bits per heavy atom. The fraction of sp³-hybridized carbons (Fsp3) is 0.941. The molecule has 1 amide bonds. The van der Waals surface area contributed by atoms with E-state index in [9.17, 15) is 4.79 Å². The average Bonchev–Trinajstić information content (AvgIpc) is 3.01. The normalized spacial score (nSPS) is 31.1. The van der Waals surface area contributed by atoms with Gasteiger partial charge in [-0.2, -0.15) is 0 Å². The number of nitrogens with zero attached hydrogens (tertiary/aromatic N) is 1. The molecular formula is C17H32N2O. The van der Waals surface area contributed by atoms with E-state index in [1.807, 2.05) is 0 Å². The van der Waals surface area contributed by atoms with Gasteiger partial charge in [-0.15, -0.1) is 0 Å². The molecular weight excluding hydrogens is 248 g/mol. The smallest absolute Gasteiger partial charge is 0.230 e. The summed E-state index contributed by atoms with van der Waals surface area (Å²) in [5.41, 5.74) is 5.95. The lowest BCUT2D eigenvalue weighted by molar-refractivity contribution is -0.144. The van der Waals surface area contributed by atoms with Crippen LogP contribution in [0, 0.1) is 11.3 Å². The number of carbonyl (C=O) groups is 1. The van der Waals surface area contributed by atoms with Crippen molar-refractivity contribution < 1.29 is 4.79 Å². The Balaban J connectivity index is 2.10. The SMILES string of the molecule is CC(C)CCN(C(=O)C1(C)CCCC1N)C1CCCC1. The first-order valence-electron chi connectivity index (χ1n) is 8.52. The second-order valence-electron chi connectivity index (χ2n) is 7.54. The second-order valence-corrected chi connectivity index (χ2v) is 7.54. The molecule has 20 heavy (non-hydrogen) atoms. The van der Waals surface area contributed by atoms with Crippen LogP contribution in [0.4, 0.5) is 0 Å². The van der Waals surface area contributed by atoms with Crippen LogP contribution in [0.5, 0.6) is 0 Å². The van der Waals surface area contributed by atoms with E-state index in [1.165, 1.54) is 25.7 Å². The molecule has 116 valence electrons. The van der Waals surface area contributed by atoms with Gasteiger partial charge in [0.1, 0.15) is 0 Å². The summed E-state index contributed by atoms with van der Waals surface area (Å²) in [5.74, 6) is 0.992. The van der Waals surface area contributed by atoms with E-state index in [1.54, 1.807) is 0 Å². The molecule has 2 saturated carbocycles. The van der Waals surface area contributed by atoms with Gasteiger partial charge in [-0.3, -0.25) is 4.79 Å². The van der Waals surface area contributed by atoms with Crippen molar-refractivity contribution in [1.82, 2.24) is 4.90 Å². The van der Waals surface area contributed by atoms with Crippen LogP contribution in [0.15, 0.2) is 0 Å². The number of rotatable bonds is 5. The molecule has 0 spiro atoms. The number of hydrogen-bond donors (Lipinski definition) is 1. The summed E-state index contributed by atoms with van der Waals surface area (Å²) in [6.45, 7) is 7.49. The lowest BCUT2D eigenvalue weighted by atomic mass is 9.83. The summed E-state index contributed by atoms with van der Waals surface area (Å²) in [7, 11) is 0. The van der Waals surface area contributed by atoms with Gasteiger partial charge in [-0.05, 0) is 44.9 Å². The van der Waals surface area contributed by atoms with Crippen molar-refractivity contribution in [2.45, 2.75) is 84.2 Å². The van der Waals surface area contributed by atoms with Crippen molar-refractivity contribution in [3.8, 4) is 0 Å². The Hall–Kier alpha value is -0.570. The van der Waals surface area contributed by atoms with Gasteiger partial charge >= 0.3 is 0 Å². The van der Waals surface area contributed by atoms with Crippen molar-refractivity contribution in [2.75, 3.05) is 6.54 Å². The highest BCUT2D eigenvalue weighted by Crippen LogP contribution is 2.40. The molecule has 2 unspecified atom stereocenters. The van der Waals surface area contributed by atoms with Crippen molar-refractivity contribution in [1.29, 1.82) is 0 Å². The second kappa shape index (κ2) is 6.46. The molecule has 2 atom stereocenters. The van der Waals surface area contributed by atoms with Gasteiger partial charge in [-0.25, -0.2) is 0 Å². The quantitative estimate of drug-likeness (QED) is 0.839. The fourth-order valence-electron chi connectivity index (χ4n) is 3.85. The van der Waals surface area contributed by atoms with Gasteiger partial charge in [0.05, 0.1) is 5.41 Å². The van der Waals surface area contributed by atoms with Crippen LogP contribution < -0.4 is 5.73 Å². The van der Waals surface area contributed by atoms with Gasteiger partial charge in [0.25, 0.3) is 0 Å². The topological polar surface area (TPSA) is 46.3 Å². The zero-order valence-electron chi connectivity index (χ0n) is 13.5. The highest BCUT2D eigenvalue weighted by molar-refractivity contribution is 5.84. The molecule has 0 heterocycles. The zero-order chi connectivity index (χ0) is 14.8. The minimum Gasteiger partial charge on any atom is -0.339 e. The summed E-state index contributed by atoms with van der Waals surface area (Å²) >= 11 is 0. The predicted octanol–water partition coefficient (Wildman–Crippen LogP) is 3.32. The Bertz CT molecular complexity index is 336. The fourth-order valence-corrected chi connectivity index (χ4v) is 3.85. The molecule has 0 aliphatic heterocycles. The first kappa shape index (κ1) is 15.8. The van der Waals surface area contributed by atoms with Gasteiger partial charge in [-0.1, -0.05) is 33.1 Å². The molecule has 0 radical (unpaired) electrons. The van der Waals surface area contributed by atoms with Gasteiger partial charge in [0.15, 0.2) is 0 Å². The first-order valence-corrected chi connectivity index (χ1v) is 8.52. The van der Waals surface area contributed by atoms with Gasteiger partial charge < -0.3 is 10.6 Å². The van der Waals surface area contributed by atoms with E-state index in [0.717, 1.165) is 32.2 Å². The third-order valence-electron chi connectivity index (χ3n) is 5.49. The first-order chi connectivity index (χ1) is 9.45. The van der Waals surface area contributed by atoms with Crippen molar-refractivity contribution in [3.63, 3.8) is 0 Å². The lowest BCUT2D eigenvalue weighted by Crippen LogP contribution is -2.52. The standard InChI is InChI=1S/C17H32N2O/c1-13(2)10-12-19(14-7-4-5-8-14)16(20)17(3)11-6-9-15(17)18/h13-15H,4-12,18H2,1-3H3. The molecule has 0 aromatic heterocycles. The van der Waals surface area contributed by atoms with E-state index >= 15 is 0 Å². The molecule has 2 rings (SSSR count). The molecule has 2 N–H and O–H groups in total. The third kappa shape index (κ3) is 3.19. The van der Waals surface area contributed by atoms with Crippen molar-refractivity contribution in [2.24, 2.45) is 17.1 Å². The van der Waals surface area contributed by atoms with Crippen LogP contribution in [0.3, 0.4) is 0 Å². The minimum atomic E-state index is -0.306. The molecule has 0 aromatic rings. The molecule has 2 fully saturated rings. The highest BCUT2D eigenvalue weighted by Gasteiger charge is 2.46. The number of carbonyl (C=O) groups excluding carboxylic acids is 1. The Morgan fingerprint density at radius 2 is 1.90 bits per heavy atom. The average molecular weight is 280 g/mol. The molecule has 2 aliphatic carbocycles. The minimum absolute atomic E-state index is 0.0537. The number of amides is 1. The van der Waals surface area contributed by atoms with Crippen LogP contribution in [-0.2, 0) is 4.79 Å². The lowest BCUT2D eigenvalue weighted by Gasteiger charge is -2.38. The molecule has 0 aromatic carbocycles. The maximum Gasteiger partial charge on any atom is 0.230 e. The molecule has 3 heteroatoms. The van der Waals surface area contributed by atoms with E-state index < -0.39 is 0 Å². The van der Waals surface area contributed by atoms with Crippen LogP contribution in [-0.4, -0.2) is 29.4 Å². The van der Waals surface area contributed by atoms with E-state index in [2.05, 4.69) is 25.7 Å². The predicted molar refractivity (Wildman–Crippen MR) is 83.4 cm³/mol. The van der Waals surface area contributed by atoms with Gasteiger partial charge in [0, 0.05) is 18.6 Å². The molecule has 2 aliphatic rings. The van der Waals surface area contributed by atoms with E-state index in [0.29, 0.717) is 17.9 Å². The zero-order valence-corrected chi connectivity index (χ0v) is 13.5. The van der Waals surface area contributed by atoms with E-state index in [-0.39, 0.29) is 11.5 Å². The van der Waals surface area contributed by atoms with E-state index in [4.69, 9.17) is 5.73 Å². The van der Waals surface area contributed by atoms with Gasteiger partial charge in [0.2, 0.25) is 5.91 Å². The molecule has 0 bridgehead atoms. The molecule has 3 nitrogen and oxygen atoms in total. The summed E-state index contributed by atoms with van der Waals surface area (Å²) in [5, 5.41) is 0. The van der Waals surface area contributed by atoms with Crippen molar-refractivity contribution in [3.05, 3.63) is 0 Å². The summed E-state index contributed by atoms with van der Waals surface area (Å²) in [4.78, 5) is 15.3. The highest BCUT2D eigenvalue weighted by atomic mass is 16.2. The Kier molecular flexibility index (Phi) is 5.11. The monoisotopic (exact) mass is 280 g/mol. The Morgan fingerprint density at radius 1 is 1.25 bits per heavy atom. The summed E-state index contributed by atoms with van der Waals surface area (Å²) in [6, 6.07) is 0.531. The maximum atomic E-state index is 13.1. The number of nitrogens with two attached hydrogens (primary N) is 1. The molecule has 0 saturated heterocycles. The number of hydrogen-bond acceptors (Lipinski definition) is 2. The third-order valence-corrected chi connectivity index (χ3v) is 5.49. The van der Waals surface area contributed by atoms with Crippen LogP contribution in [0.25, 0.3) is 0 Å². The Labute approximate surface area is 124 Å². The summed E-state index contributed by atoms with van der Waals surface area (Å²) < 4.78 is 0. The van der Waals surface area contributed by atoms with Crippen LogP contribution in [0.2, 0.25) is 0 Å². The van der Waals surface area contributed by atoms with Crippen LogP contribution in [0.1, 0.15) is 72.1 Å². The van der Waals surface area contributed by atoms with Crippen LogP contribution >= 0.6 is 0 Å². The largest absolute Gasteiger partial charge is 0.339 e. The van der Waals surface area contributed by atoms with Crippen molar-refractivity contribution >= 4 is 5.91 Å². The maximum absolute atomic E-state index is 13.1. The summed E-state index contributed by atoms with van der Waals surface area (Å²) in [6.07, 6.45) is 9.12.